The molecule has 4 aromatic rings. The number of aromatic nitrogens is 2. The molecule has 0 aliphatic rings. The Morgan fingerprint density at radius 3 is 2.28 bits per heavy atom. The summed E-state index contributed by atoms with van der Waals surface area (Å²) in [5.74, 6) is 0. The molecule has 0 fully saturated rings. The predicted molar refractivity (Wildman–Crippen MR) is 118 cm³/mol. The first-order valence-corrected chi connectivity index (χ1v) is 11.4. The van der Waals surface area contributed by atoms with Gasteiger partial charge in [0.1, 0.15) is 5.52 Å². The van der Waals surface area contributed by atoms with E-state index in [-0.39, 0.29) is 4.90 Å². The molecular weight excluding hydrogens is 427 g/mol. The van der Waals surface area contributed by atoms with E-state index in [2.05, 4.69) is 9.97 Å². The zero-order valence-electron chi connectivity index (χ0n) is 15.6. The fourth-order valence-electron chi connectivity index (χ4n) is 3.24. The van der Waals surface area contributed by atoms with Crippen LogP contribution in [0.1, 0.15) is 5.69 Å². The summed E-state index contributed by atoms with van der Waals surface area (Å²) in [5.41, 5.74) is 4.32. The van der Waals surface area contributed by atoms with Gasteiger partial charge in [0.15, 0.2) is 9.84 Å². The van der Waals surface area contributed by atoms with Crippen molar-refractivity contribution < 1.29 is 8.42 Å². The minimum Gasteiger partial charge on any atom is -0.249 e. The highest BCUT2D eigenvalue weighted by atomic mass is 35.5. The van der Waals surface area contributed by atoms with Gasteiger partial charge in [0.25, 0.3) is 0 Å². The monoisotopic (exact) mass is 442 g/mol. The van der Waals surface area contributed by atoms with Gasteiger partial charge in [-0.3, -0.25) is 0 Å². The van der Waals surface area contributed by atoms with Crippen LogP contribution in [0.2, 0.25) is 10.0 Å². The minimum absolute atomic E-state index is 0.189. The van der Waals surface area contributed by atoms with Crippen LogP contribution in [-0.4, -0.2) is 24.6 Å². The molecule has 4 rings (SSSR count). The highest BCUT2D eigenvalue weighted by molar-refractivity contribution is 7.90. The van der Waals surface area contributed by atoms with Crippen molar-refractivity contribution in [1.82, 2.24) is 9.97 Å². The van der Waals surface area contributed by atoms with Gasteiger partial charge in [-0.2, -0.15) is 0 Å². The lowest BCUT2D eigenvalue weighted by Crippen LogP contribution is -2.03. The maximum atomic E-state index is 12.6. The van der Waals surface area contributed by atoms with Crippen molar-refractivity contribution >= 4 is 44.1 Å². The normalized spacial score (nSPS) is 11.7. The zero-order chi connectivity index (χ0) is 20.8. The van der Waals surface area contributed by atoms with Gasteiger partial charge in [-0.05, 0) is 36.2 Å². The first kappa shape index (κ1) is 19.8. The molecule has 0 radical (unpaired) electrons. The van der Waals surface area contributed by atoms with Crippen LogP contribution in [-0.2, 0) is 9.84 Å². The van der Waals surface area contributed by atoms with E-state index in [0.29, 0.717) is 38.0 Å². The Kier molecular flexibility index (Phi) is 5.07. The van der Waals surface area contributed by atoms with Gasteiger partial charge >= 0.3 is 0 Å². The van der Waals surface area contributed by atoms with Crippen molar-refractivity contribution in [2.24, 2.45) is 0 Å². The largest absolute Gasteiger partial charge is 0.249 e. The molecule has 0 saturated carbocycles. The third-order valence-corrected chi connectivity index (χ3v) is 6.58. The SMILES string of the molecule is Cc1nc2ccc(Cl)c(Cl)c2nc1-c1ccc(-c2ccccc2)cc1S(C)(=O)=O. The van der Waals surface area contributed by atoms with Crippen LogP contribution in [0.3, 0.4) is 0 Å². The summed E-state index contributed by atoms with van der Waals surface area (Å²) in [4.78, 5) is 9.38. The summed E-state index contributed by atoms with van der Waals surface area (Å²) in [6, 6.07) is 18.3. The Bertz CT molecular complexity index is 1350. The molecular formula is C22H16Cl2N2O2S. The molecule has 29 heavy (non-hydrogen) atoms. The number of aryl methyl sites for hydroxylation is 1. The Morgan fingerprint density at radius 1 is 0.862 bits per heavy atom. The first-order chi connectivity index (χ1) is 13.8. The quantitative estimate of drug-likeness (QED) is 0.391. The summed E-state index contributed by atoms with van der Waals surface area (Å²) >= 11 is 12.4. The van der Waals surface area contributed by atoms with Crippen LogP contribution in [0.5, 0.6) is 0 Å². The molecule has 7 heteroatoms. The van der Waals surface area contributed by atoms with E-state index in [0.717, 1.165) is 11.1 Å². The predicted octanol–water partition coefficient (Wildman–Crippen LogP) is 5.98. The molecule has 4 nitrogen and oxygen atoms in total. The lowest BCUT2D eigenvalue weighted by Gasteiger charge is -2.13. The molecule has 0 amide bonds. The Balaban J connectivity index is 2.00. The molecule has 0 spiro atoms. The second-order valence-electron chi connectivity index (χ2n) is 6.74. The van der Waals surface area contributed by atoms with E-state index >= 15 is 0 Å². The van der Waals surface area contributed by atoms with E-state index < -0.39 is 9.84 Å². The summed E-state index contributed by atoms with van der Waals surface area (Å²) in [7, 11) is -3.53. The molecule has 0 aliphatic carbocycles. The number of halogens is 2. The van der Waals surface area contributed by atoms with E-state index in [1.165, 1.54) is 6.26 Å². The van der Waals surface area contributed by atoms with Crippen LogP contribution < -0.4 is 0 Å². The fourth-order valence-corrected chi connectivity index (χ4v) is 4.50. The fraction of sp³-hybridized carbons (Fsp3) is 0.0909. The van der Waals surface area contributed by atoms with E-state index in [4.69, 9.17) is 23.2 Å². The average molecular weight is 443 g/mol. The van der Waals surface area contributed by atoms with Crippen molar-refractivity contribution in [1.29, 1.82) is 0 Å². The van der Waals surface area contributed by atoms with Crippen molar-refractivity contribution in [3.05, 3.63) is 76.4 Å². The highest BCUT2D eigenvalue weighted by Gasteiger charge is 2.20. The smallest absolute Gasteiger partial charge is 0.176 e. The van der Waals surface area contributed by atoms with E-state index in [9.17, 15) is 8.42 Å². The third kappa shape index (κ3) is 3.73. The standard InChI is InChI=1S/C22H16Cl2N2O2S/c1-13-21(26-22-18(25-13)11-10-17(23)20(22)24)16-9-8-15(12-19(16)29(2,27)28)14-6-4-3-5-7-14/h3-12H,1-2H3. The van der Waals surface area contributed by atoms with Crippen LogP contribution in [0, 0.1) is 6.92 Å². The lowest BCUT2D eigenvalue weighted by molar-refractivity contribution is 0.602. The molecule has 1 heterocycles. The molecule has 0 N–H and O–H groups in total. The first-order valence-electron chi connectivity index (χ1n) is 8.78. The topological polar surface area (TPSA) is 59.9 Å². The van der Waals surface area contributed by atoms with Gasteiger partial charge < -0.3 is 0 Å². The van der Waals surface area contributed by atoms with Gasteiger partial charge in [0, 0.05) is 11.8 Å². The number of hydrogen-bond acceptors (Lipinski definition) is 4. The van der Waals surface area contributed by atoms with Gasteiger partial charge in [0.2, 0.25) is 0 Å². The number of nitrogens with zero attached hydrogens (tertiary/aromatic N) is 2. The van der Waals surface area contributed by atoms with Gasteiger partial charge in [-0.1, -0.05) is 65.7 Å². The van der Waals surface area contributed by atoms with E-state index in [1.807, 2.05) is 36.4 Å². The van der Waals surface area contributed by atoms with Gasteiger partial charge in [0.05, 0.1) is 31.8 Å². The van der Waals surface area contributed by atoms with Crippen LogP contribution in [0.15, 0.2) is 65.6 Å². The van der Waals surface area contributed by atoms with E-state index in [1.54, 1.807) is 31.2 Å². The highest BCUT2D eigenvalue weighted by Crippen LogP contribution is 2.35. The zero-order valence-corrected chi connectivity index (χ0v) is 18.0. The molecule has 0 unspecified atom stereocenters. The molecule has 0 saturated heterocycles. The number of sulfone groups is 1. The van der Waals surface area contributed by atoms with Gasteiger partial charge in [-0.25, -0.2) is 18.4 Å². The summed E-state index contributed by atoms with van der Waals surface area (Å²) < 4.78 is 25.2. The number of hydrogen-bond donors (Lipinski definition) is 0. The summed E-state index contributed by atoms with van der Waals surface area (Å²) in [5, 5.41) is 0.658. The number of rotatable bonds is 3. The third-order valence-electron chi connectivity index (χ3n) is 4.65. The second kappa shape index (κ2) is 7.41. The molecule has 0 bridgehead atoms. The van der Waals surface area contributed by atoms with Crippen molar-refractivity contribution in [3.63, 3.8) is 0 Å². The minimum atomic E-state index is -3.53. The second-order valence-corrected chi connectivity index (χ2v) is 9.51. The van der Waals surface area contributed by atoms with Crippen LogP contribution >= 0.6 is 23.2 Å². The van der Waals surface area contributed by atoms with Gasteiger partial charge in [-0.15, -0.1) is 0 Å². The molecule has 0 aliphatic heterocycles. The van der Waals surface area contributed by atoms with Crippen molar-refractivity contribution in [3.8, 4) is 22.4 Å². The Morgan fingerprint density at radius 2 is 1.59 bits per heavy atom. The van der Waals surface area contributed by atoms with Crippen molar-refractivity contribution in [2.45, 2.75) is 11.8 Å². The van der Waals surface area contributed by atoms with Crippen LogP contribution in [0.4, 0.5) is 0 Å². The Labute approximate surface area is 179 Å². The average Bonchev–Trinajstić information content (AvgIpc) is 2.70. The number of fused-ring (bicyclic) bond motifs is 1. The van der Waals surface area contributed by atoms with Crippen LogP contribution in [0.25, 0.3) is 33.4 Å². The molecule has 0 atom stereocenters. The molecule has 146 valence electrons. The molecule has 1 aromatic heterocycles. The van der Waals surface area contributed by atoms with Crippen molar-refractivity contribution in [2.75, 3.05) is 6.26 Å². The maximum absolute atomic E-state index is 12.6. The summed E-state index contributed by atoms with van der Waals surface area (Å²) in [6.45, 7) is 1.79. The number of benzene rings is 3. The maximum Gasteiger partial charge on any atom is 0.176 e. The summed E-state index contributed by atoms with van der Waals surface area (Å²) in [6.07, 6.45) is 1.19. The Hall–Kier alpha value is -2.47. The lowest BCUT2D eigenvalue weighted by atomic mass is 10.0. The molecule has 3 aromatic carbocycles.